The number of hydrogen-bond acceptors (Lipinski definition) is 3. The fourth-order valence-corrected chi connectivity index (χ4v) is 4.26. The number of carbonyl (C=O) groups is 1. The number of benzene rings is 2. The number of carbonyl (C=O) groups excluding carboxylic acids is 1. The van der Waals surface area contributed by atoms with E-state index in [1.165, 1.54) is 41.3 Å². The summed E-state index contributed by atoms with van der Waals surface area (Å²) < 4.78 is 53.7. The third kappa shape index (κ3) is 3.54. The van der Waals surface area contributed by atoms with Crippen LogP contribution < -0.4 is 9.62 Å². The van der Waals surface area contributed by atoms with Crippen molar-refractivity contribution in [3.63, 3.8) is 0 Å². The van der Waals surface area contributed by atoms with Gasteiger partial charge in [0.05, 0.1) is 4.90 Å². The number of rotatable bonds is 4. The minimum absolute atomic E-state index is 0.194. The highest BCUT2D eigenvalue weighted by Crippen LogP contribution is 2.24. The second kappa shape index (κ2) is 6.53. The summed E-state index contributed by atoms with van der Waals surface area (Å²) in [5.74, 6) is -1.52. The van der Waals surface area contributed by atoms with E-state index in [9.17, 15) is 22.0 Å². The van der Waals surface area contributed by atoms with Crippen LogP contribution in [0.25, 0.3) is 0 Å². The van der Waals surface area contributed by atoms with Gasteiger partial charge in [-0.3, -0.25) is 4.79 Å². The normalized spacial score (nSPS) is 18.0. The van der Waals surface area contributed by atoms with Gasteiger partial charge in [-0.1, -0.05) is 6.07 Å². The maximum absolute atomic E-state index is 13.4. The number of sulfonamides is 1. The first-order valence-corrected chi connectivity index (χ1v) is 9.12. The quantitative estimate of drug-likeness (QED) is 0.903. The van der Waals surface area contributed by atoms with E-state index in [4.69, 9.17) is 0 Å². The summed E-state index contributed by atoms with van der Waals surface area (Å²) in [5, 5.41) is 0. The van der Waals surface area contributed by atoms with E-state index >= 15 is 0 Å². The fourth-order valence-electron chi connectivity index (χ4n) is 2.78. The molecular weight excluding hydrogens is 350 g/mol. The van der Waals surface area contributed by atoms with E-state index in [2.05, 4.69) is 4.72 Å². The molecule has 1 unspecified atom stereocenters. The van der Waals surface area contributed by atoms with Gasteiger partial charge >= 0.3 is 0 Å². The van der Waals surface area contributed by atoms with E-state index < -0.39 is 33.6 Å². The molecule has 8 heteroatoms. The average Bonchev–Trinajstić information content (AvgIpc) is 2.91. The largest absolute Gasteiger partial charge is 0.311 e. The zero-order valence-electron chi connectivity index (χ0n) is 13.4. The van der Waals surface area contributed by atoms with Gasteiger partial charge in [0, 0.05) is 12.2 Å². The number of amides is 1. The Morgan fingerprint density at radius 1 is 1.08 bits per heavy atom. The van der Waals surface area contributed by atoms with E-state index in [1.54, 1.807) is 6.92 Å². The van der Waals surface area contributed by atoms with Crippen LogP contribution in [0.15, 0.2) is 47.4 Å². The van der Waals surface area contributed by atoms with Crippen molar-refractivity contribution in [2.75, 3.05) is 11.4 Å². The van der Waals surface area contributed by atoms with Gasteiger partial charge in [-0.15, -0.1) is 0 Å². The van der Waals surface area contributed by atoms with Crippen LogP contribution in [0, 0.1) is 18.6 Å². The molecule has 1 aliphatic rings. The molecule has 25 heavy (non-hydrogen) atoms. The number of aryl methyl sites for hydroxylation is 1. The lowest BCUT2D eigenvalue weighted by Crippen LogP contribution is -2.41. The zero-order chi connectivity index (χ0) is 18.2. The standard InChI is InChI=1S/C17H16F2N2O3S/c1-11-2-3-13(19)10-16(11)25(23,24)20-15-8-9-21(17(15)22)14-6-4-12(18)5-7-14/h2-7,10,15,20H,8-9H2,1H3. The van der Waals surface area contributed by atoms with Crippen molar-refractivity contribution in [1.29, 1.82) is 0 Å². The summed E-state index contributed by atoms with van der Waals surface area (Å²) in [7, 11) is -4.04. The van der Waals surface area contributed by atoms with Gasteiger partial charge in [0.25, 0.3) is 0 Å². The highest BCUT2D eigenvalue weighted by molar-refractivity contribution is 7.89. The second-order valence-corrected chi connectivity index (χ2v) is 7.52. The van der Waals surface area contributed by atoms with Crippen molar-refractivity contribution in [2.24, 2.45) is 0 Å². The van der Waals surface area contributed by atoms with Crippen LogP contribution in [0.5, 0.6) is 0 Å². The van der Waals surface area contributed by atoms with Gasteiger partial charge in [-0.2, -0.15) is 4.72 Å². The zero-order valence-corrected chi connectivity index (χ0v) is 14.2. The molecular formula is C17H16F2N2O3S. The third-order valence-corrected chi connectivity index (χ3v) is 5.69. The molecule has 1 aliphatic heterocycles. The Morgan fingerprint density at radius 3 is 2.40 bits per heavy atom. The van der Waals surface area contributed by atoms with E-state index in [0.29, 0.717) is 17.8 Å². The smallest absolute Gasteiger partial charge is 0.245 e. The van der Waals surface area contributed by atoms with Crippen molar-refractivity contribution in [2.45, 2.75) is 24.3 Å². The number of nitrogens with one attached hydrogen (secondary N) is 1. The number of anilines is 1. The molecule has 0 bridgehead atoms. The van der Waals surface area contributed by atoms with Gasteiger partial charge in [0.15, 0.2) is 0 Å². The van der Waals surface area contributed by atoms with Crippen molar-refractivity contribution < 1.29 is 22.0 Å². The highest BCUT2D eigenvalue weighted by Gasteiger charge is 2.36. The molecule has 0 saturated carbocycles. The molecule has 1 atom stereocenters. The Hall–Kier alpha value is -2.32. The van der Waals surface area contributed by atoms with Crippen molar-refractivity contribution in [3.05, 3.63) is 59.7 Å². The molecule has 1 saturated heterocycles. The molecule has 0 aliphatic carbocycles. The van der Waals surface area contributed by atoms with Gasteiger partial charge in [-0.25, -0.2) is 17.2 Å². The Bertz CT molecular complexity index is 914. The maximum atomic E-state index is 13.4. The lowest BCUT2D eigenvalue weighted by atomic mass is 10.2. The molecule has 3 rings (SSSR count). The molecule has 132 valence electrons. The van der Waals surface area contributed by atoms with E-state index in [1.807, 2.05) is 0 Å². The molecule has 1 heterocycles. The predicted molar refractivity (Wildman–Crippen MR) is 88.6 cm³/mol. The Morgan fingerprint density at radius 2 is 1.72 bits per heavy atom. The van der Waals surface area contributed by atoms with Crippen LogP contribution in [0.2, 0.25) is 0 Å². The van der Waals surface area contributed by atoms with Crippen LogP contribution >= 0.6 is 0 Å². The number of halogens is 2. The van der Waals surface area contributed by atoms with Crippen molar-refractivity contribution in [1.82, 2.24) is 4.72 Å². The number of hydrogen-bond donors (Lipinski definition) is 1. The fraction of sp³-hybridized carbons (Fsp3) is 0.235. The van der Waals surface area contributed by atoms with Gasteiger partial charge in [0.2, 0.25) is 15.9 Å². The molecule has 5 nitrogen and oxygen atoms in total. The molecule has 0 radical (unpaired) electrons. The third-order valence-electron chi connectivity index (χ3n) is 4.08. The second-order valence-electron chi connectivity index (χ2n) is 5.84. The predicted octanol–water partition coefficient (Wildman–Crippen LogP) is 2.36. The van der Waals surface area contributed by atoms with E-state index in [-0.39, 0.29) is 11.3 Å². The molecule has 2 aromatic rings. The van der Waals surface area contributed by atoms with Crippen LogP contribution in [-0.2, 0) is 14.8 Å². The first kappa shape index (κ1) is 17.5. The first-order valence-electron chi connectivity index (χ1n) is 7.63. The summed E-state index contributed by atoms with van der Waals surface area (Å²) in [5.41, 5.74) is 0.879. The van der Waals surface area contributed by atoms with Gasteiger partial charge < -0.3 is 4.90 Å². The van der Waals surface area contributed by atoms with Crippen molar-refractivity contribution >= 4 is 21.6 Å². The van der Waals surface area contributed by atoms with Crippen molar-refractivity contribution in [3.8, 4) is 0 Å². The summed E-state index contributed by atoms with van der Waals surface area (Å²) >= 11 is 0. The van der Waals surface area contributed by atoms with Crippen LogP contribution in [0.3, 0.4) is 0 Å². The molecule has 1 fully saturated rings. The molecule has 0 spiro atoms. The monoisotopic (exact) mass is 366 g/mol. The Labute approximate surface area is 144 Å². The highest BCUT2D eigenvalue weighted by atomic mass is 32.2. The Balaban J connectivity index is 1.80. The summed E-state index contributed by atoms with van der Waals surface area (Å²) in [6.45, 7) is 1.86. The lowest BCUT2D eigenvalue weighted by Gasteiger charge is -2.17. The van der Waals surface area contributed by atoms with Gasteiger partial charge in [0.1, 0.15) is 17.7 Å². The summed E-state index contributed by atoms with van der Waals surface area (Å²) in [6, 6.07) is 7.90. The SMILES string of the molecule is Cc1ccc(F)cc1S(=O)(=O)NC1CCN(c2ccc(F)cc2)C1=O. The minimum atomic E-state index is -4.04. The first-order chi connectivity index (χ1) is 11.8. The van der Waals surface area contributed by atoms with Gasteiger partial charge in [-0.05, 0) is 55.3 Å². The molecule has 2 aromatic carbocycles. The molecule has 0 aromatic heterocycles. The summed E-state index contributed by atoms with van der Waals surface area (Å²) in [4.78, 5) is 13.7. The Kier molecular flexibility index (Phi) is 4.57. The minimum Gasteiger partial charge on any atom is -0.311 e. The van der Waals surface area contributed by atoms with E-state index in [0.717, 1.165) is 6.07 Å². The average molecular weight is 366 g/mol. The van der Waals surface area contributed by atoms with Crippen LogP contribution in [0.1, 0.15) is 12.0 Å². The molecule has 1 N–H and O–H groups in total. The summed E-state index contributed by atoms with van der Waals surface area (Å²) in [6.07, 6.45) is 0.268. The van der Waals surface area contributed by atoms with Crippen LogP contribution in [-0.4, -0.2) is 26.9 Å². The maximum Gasteiger partial charge on any atom is 0.245 e. The topological polar surface area (TPSA) is 66.5 Å². The van der Waals surface area contributed by atoms with Crippen LogP contribution in [0.4, 0.5) is 14.5 Å². The molecule has 1 amide bonds. The number of nitrogens with zero attached hydrogens (tertiary/aromatic N) is 1. The lowest BCUT2D eigenvalue weighted by molar-refractivity contribution is -0.118.